The standard InChI is InChI=1S/C14H15F2NS/c1-3-17-14(11-5-4-8-18-11)12-10(15)7-6-9(2)13(12)16/h4-8,14,17H,3H2,1-2H3. The Bertz CT molecular complexity index is 523. The molecule has 0 fully saturated rings. The molecular formula is C14H15F2NS. The van der Waals surface area contributed by atoms with E-state index in [4.69, 9.17) is 0 Å². The summed E-state index contributed by atoms with van der Waals surface area (Å²) in [5.41, 5.74) is 0.574. The van der Waals surface area contributed by atoms with Crippen molar-refractivity contribution >= 4 is 11.3 Å². The third-order valence-electron chi connectivity index (χ3n) is 2.84. The average Bonchev–Trinajstić information content (AvgIpc) is 2.87. The molecule has 0 aliphatic carbocycles. The molecule has 0 spiro atoms. The molecule has 0 aliphatic heterocycles. The smallest absolute Gasteiger partial charge is 0.134 e. The number of hydrogen-bond donors (Lipinski definition) is 1. The topological polar surface area (TPSA) is 12.0 Å². The Morgan fingerprint density at radius 2 is 2.06 bits per heavy atom. The van der Waals surface area contributed by atoms with E-state index in [1.54, 1.807) is 6.92 Å². The van der Waals surface area contributed by atoms with Crippen LogP contribution in [0.4, 0.5) is 8.78 Å². The molecule has 0 bridgehead atoms. The monoisotopic (exact) mass is 267 g/mol. The SMILES string of the molecule is CCNC(c1cccs1)c1c(F)ccc(C)c1F. The molecule has 18 heavy (non-hydrogen) atoms. The van der Waals surface area contributed by atoms with Crippen LogP contribution >= 0.6 is 11.3 Å². The van der Waals surface area contributed by atoms with E-state index < -0.39 is 17.7 Å². The van der Waals surface area contributed by atoms with Crippen LogP contribution in [0.15, 0.2) is 29.6 Å². The summed E-state index contributed by atoms with van der Waals surface area (Å²) >= 11 is 1.49. The number of thiophene rings is 1. The van der Waals surface area contributed by atoms with Gasteiger partial charge in [0, 0.05) is 10.4 Å². The van der Waals surface area contributed by atoms with Gasteiger partial charge in [0.1, 0.15) is 11.6 Å². The van der Waals surface area contributed by atoms with Crippen molar-refractivity contribution in [2.75, 3.05) is 6.54 Å². The van der Waals surface area contributed by atoms with Crippen molar-refractivity contribution in [2.45, 2.75) is 19.9 Å². The summed E-state index contributed by atoms with van der Waals surface area (Å²) in [6, 6.07) is 6.14. The fourth-order valence-electron chi connectivity index (χ4n) is 1.95. The highest BCUT2D eigenvalue weighted by Crippen LogP contribution is 2.30. The van der Waals surface area contributed by atoms with Crippen molar-refractivity contribution < 1.29 is 8.78 Å². The van der Waals surface area contributed by atoms with E-state index in [0.717, 1.165) is 4.88 Å². The van der Waals surface area contributed by atoms with Gasteiger partial charge in [-0.05, 0) is 36.5 Å². The van der Waals surface area contributed by atoms with Gasteiger partial charge in [0.05, 0.1) is 6.04 Å². The van der Waals surface area contributed by atoms with Gasteiger partial charge in [0.2, 0.25) is 0 Å². The summed E-state index contributed by atoms with van der Waals surface area (Å²) in [4.78, 5) is 0.917. The Labute approximate surface area is 109 Å². The molecule has 1 N–H and O–H groups in total. The van der Waals surface area contributed by atoms with Crippen molar-refractivity contribution in [3.63, 3.8) is 0 Å². The zero-order chi connectivity index (χ0) is 13.1. The van der Waals surface area contributed by atoms with Crippen molar-refractivity contribution in [2.24, 2.45) is 0 Å². The lowest BCUT2D eigenvalue weighted by molar-refractivity contribution is 0.509. The number of benzene rings is 1. The van der Waals surface area contributed by atoms with Crippen LogP contribution in [0.1, 0.15) is 29.0 Å². The molecule has 96 valence electrons. The van der Waals surface area contributed by atoms with Crippen molar-refractivity contribution in [3.8, 4) is 0 Å². The van der Waals surface area contributed by atoms with Gasteiger partial charge >= 0.3 is 0 Å². The second-order valence-electron chi connectivity index (χ2n) is 4.10. The Hall–Kier alpha value is -1.26. The van der Waals surface area contributed by atoms with Gasteiger partial charge in [-0.3, -0.25) is 0 Å². The van der Waals surface area contributed by atoms with Crippen molar-refractivity contribution in [1.29, 1.82) is 0 Å². The first-order valence-corrected chi connectivity index (χ1v) is 6.74. The molecule has 1 heterocycles. The van der Waals surface area contributed by atoms with E-state index in [0.29, 0.717) is 12.1 Å². The number of rotatable bonds is 4. The van der Waals surface area contributed by atoms with Gasteiger partial charge in [-0.1, -0.05) is 19.1 Å². The average molecular weight is 267 g/mol. The van der Waals surface area contributed by atoms with Gasteiger partial charge in [-0.25, -0.2) is 8.78 Å². The van der Waals surface area contributed by atoms with Crippen LogP contribution in [0.3, 0.4) is 0 Å². The summed E-state index contributed by atoms with van der Waals surface area (Å²) in [7, 11) is 0. The molecule has 0 radical (unpaired) electrons. The summed E-state index contributed by atoms with van der Waals surface area (Å²) in [6.07, 6.45) is 0. The van der Waals surface area contributed by atoms with E-state index in [-0.39, 0.29) is 5.56 Å². The van der Waals surface area contributed by atoms with Crippen molar-refractivity contribution in [1.82, 2.24) is 5.32 Å². The molecule has 2 aromatic rings. The first-order valence-electron chi connectivity index (χ1n) is 5.86. The van der Waals surface area contributed by atoms with Gasteiger partial charge in [0.15, 0.2) is 0 Å². The third-order valence-corrected chi connectivity index (χ3v) is 3.78. The lowest BCUT2D eigenvalue weighted by atomic mass is 10.0. The lowest BCUT2D eigenvalue weighted by Gasteiger charge is -2.19. The minimum atomic E-state index is -0.502. The van der Waals surface area contributed by atoms with E-state index >= 15 is 0 Å². The Kier molecular flexibility index (Phi) is 4.09. The quantitative estimate of drug-likeness (QED) is 0.881. The fourth-order valence-corrected chi connectivity index (χ4v) is 2.76. The predicted molar refractivity (Wildman–Crippen MR) is 70.9 cm³/mol. The molecule has 1 unspecified atom stereocenters. The van der Waals surface area contributed by atoms with Gasteiger partial charge < -0.3 is 5.32 Å². The first kappa shape index (κ1) is 13.2. The predicted octanol–water partition coefficient (Wildman–Crippen LogP) is 4.03. The number of halogens is 2. The zero-order valence-electron chi connectivity index (χ0n) is 10.3. The molecular weight excluding hydrogens is 252 g/mol. The molecule has 4 heteroatoms. The Balaban J connectivity index is 2.52. The van der Waals surface area contributed by atoms with E-state index in [1.165, 1.54) is 23.5 Å². The second-order valence-corrected chi connectivity index (χ2v) is 5.08. The van der Waals surface area contributed by atoms with Crippen LogP contribution in [0.2, 0.25) is 0 Å². The largest absolute Gasteiger partial charge is 0.306 e. The molecule has 1 aromatic carbocycles. The highest BCUT2D eigenvalue weighted by atomic mass is 32.1. The summed E-state index contributed by atoms with van der Waals surface area (Å²) in [5.74, 6) is -0.966. The third kappa shape index (κ3) is 2.44. The maximum Gasteiger partial charge on any atom is 0.134 e. The highest BCUT2D eigenvalue weighted by Gasteiger charge is 2.23. The van der Waals surface area contributed by atoms with Gasteiger partial charge in [-0.15, -0.1) is 11.3 Å². The Morgan fingerprint density at radius 1 is 1.28 bits per heavy atom. The Morgan fingerprint density at radius 3 is 2.67 bits per heavy atom. The normalized spacial score (nSPS) is 12.7. The summed E-state index contributed by atoms with van der Waals surface area (Å²) in [6.45, 7) is 4.22. The summed E-state index contributed by atoms with van der Waals surface area (Å²) < 4.78 is 28.1. The molecule has 1 aromatic heterocycles. The zero-order valence-corrected chi connectivity index (χ0v) is 11.2. The van der Waals surface area contributed by atoms with Crippen LogP contribution < -0.4 is 5.32 Å². The molecule has 1 atom stereocenters. The van der Waals surface area contributed by atoms with E-state index in [2.05, 4.69) is 5.32 Å². The highest BCUT2D eigenvalue weighted by molar-refractivity contribution is 7.10. The lowest BCUT2D eigenvalue weighted by Crippen LogP contribution is -2.23. The minimum absolute atomic E-state index is 0.110. The van der Waals surface area contributed by atoms with Crippen LogP contribution in [0.25, 0.3) is 0 Å². The number of aryl methyl sites for hydroxylation is 1. The van der Waals surface area contributed by atoms with Crippen LogP contribution in [-0.4, -0.2) is 6.54 Å². The summed E-state index contributed by atoms with van der Waals surface area (Å²) in [5, 5.41) is 5.05. The van der Waals surface area contributed by atoms with Gasteiger partial charge in [0.25, 0.3) is 0 Å². The maximum atomic E-state index is 14.2. The minimum Gasteiger partial charge on any atom is -0.306 e. The maximum absolute atomic E-state index is 14.2. The van der Waals surface area contributed by atoms with E-state index in [9.17, 15) is 8.78 Å². The molecule has 2 rings (SSSR count). The van der Waals surface area contributed by atoms with Crippen LogP contribution in [0, 0.1) is 18.6 Å². The van der Waals surface area contributed by atoms with Crippen LogP contribution in [0.5, 0.6) is 0 Å². The molecule has 0 amide bonds. The molecule has 0 saturated heterocycles. The molecule has 1 nitrogen and oxygen atoms in total. The van der Waals surface area contributed by atoms with E-state index in [1.807, 2.05) is 24.4 Å². The van der Waals surface area contributed by atoms with Gasteiger partial charge in [-0.2, -0.15) is 0 Å². The molecule has 0 aliphatic rings. The van der Waals surface area contributed by atoms with Crippen LogP contribution in [-0.2, 0) is 0 Å². The number of hydrogen-bond acceptors (Lipinski definition) is 2. The first-order chi connectivity index (χ1) is 8.65. The second kappa shape index (κ2) is 5.59. The fraction of sp³-hybridized carbons (Fsp3) is 0.286. The molecule has 0 saturated carbocycles. The van der Waals surface area contributed by atoms with Crippen molar-refractivity contribution in [3.05, 3.63) is 57.3 Å². The number of nitrogens with one attached hydrogen (secondary N) is 1.